The van der Waals surface area contributed by atoms with Gasteiger partial charge in [0.1, 0.15) is 0 Å². The molecule has 12 heavy (non-hydrogen) atoms. The topological polar surface area (TPSA) is 0 Å². The van der Waals surface area contributed by atoms with Crippen molar-refractivity contribution in [1.82, 2.24) is 0 Å². The summed E-state index contributed by atoms with van der Waals surface area (Å²) >= 11 is 0. The lowest BCUT2D eigenvalue weighted by atomic mass is 10.2. The van der Waals surface area contributed by atoms with Crippen LogP contribution in [-0.4, -0.2) is 0 Å². The average Bonchev–Trinajstić information content (AvgIpc) is 2.10. The Morgan fingerprint density at radius 1 is 1.00 bits per heavy atom. The van der Waals surface area contributed by atoms with Crippen molar-refractivity contribution < 1.29 is 0 Å². The first-order valence-corrected chi connectivity index (χ1v) is 4.43. The van der Waals surface area contributed by atoms with Gasteiger partial charge in [0.15, 0.2) is 0 Å². The SMILES string of the molecule is C=CC=C(/C=C\C)/C=C/C.CC. The second-order valence-electron chi connectivity index (χ2n) is 1.90. The van der Waals surface area contributed by atoms with E-state index in [1.54, 1.807) is 6.08 Å². The lowest BCUT2D eigenvalue weighted by Crippen LogP contribution is -1.67. The quantitative estimate of drug-likeness (QED) is 0.546. The van der Waals surface area contributed by atoms with E-state index >= 15 is 0 Å². The van der Waals surface area contributed by atoms with Crippen LogP contribution in [-0.2, 0) is 0 Å². The highest BCUT2D eigenvalue weighted by Gasteiger charge is 1.78. The highest BCUT2D eigenvalue weighted by molar-refractivity contribution is 5.32. The van der Waals surface area contributed by atoms with E-state index in [0.29, 0.717) is 0 Å². The van der Waals surface area contributed by atoms with Crippen LogP contribution in [0.1, 0.15) is 27.7 Å². The third-order valence-electron chi connectivity index (χ3n) is 1.03. The van der Waals surface area contributed by atoms with Crippen LogP contribution in [0, 0.1) is 0 Å². The molecule has 0 aliphatic rings. The molecule has 0 fully saturated rings. The number of rotatable bonds is 3. The van der Waals surface area contributed by atoms with Crippen LogP contribution in [0.4, 0.5) is 0 Å². The van der Waals surface area contributed by atoms with Gasteiger partial charge in [0.25, 0.3) is 0 Å². The van der Waals surface area contributed by atoms with Crippen molar-refractivity contribution in [3.63, 3.8) is 0 Å². The Hall–Kier alpha value is -1.04. The highest BCUT2D eigenvalue weighted by Crippen LogP contribution is 1.98. The van der Waals surface area contributed by atoms with Crippen LogP contribution < -0.4 is 0 Å². The third kappa shape index (κ3) is 8.96. The standard InChI is InChI=1S/C10H14.C2H6/c1-4-7-10(8-5-2)9-6-3;1-2/h4-9H,1H2,2-3H3;1-2H3/b8-5-,9-6+,10-7?;. The predicted molar refractivity (Wildman–Crippen MR) is 59.3 cm³/mol. The fourth-order valence-electron chi connectivity index (χ4n) is 0.688. The summed E-state index contributed by atoms with van der Waals surface area (Å²) in [5.41, 5.74) is 1.18. The zero-order valence-electron chi connectivity index (χ0n) is 8.67. The maximum Gasteiger partial charge on any atom is -0.0263 e. The van der Waals surface area contributed by atoms with Gasteiger partial charge in [0.2, 0.25) is 0 Å². The Labute approximate surface area is 77.0 Å². The van der Waals surface area contributed by atoms with Crippen molar-refractivity contribution in [2.45, 2.75) is 27.7 Å². The van der Waals surface area contributed by atoms with E-state index in [9.17, 15) is 0 Å². The smallest absolute Gasteiger partial charge is 0.0263 e. The Morgan fingerprint density at radius 2 is 1.42 bits per heavy atom. The van der Waals surface area contributed by atoms with Crippen molar-refractivity contribution in [1.29, 1.82) is 0 Å². The van der Waals surface area contributed by atoms with Crippen LogP contribution in [0.2, 0.25) is 0 Å². The zero-order valence-corrected chi connectivity index (χ0v) is 8.67. The Bertz CT molecular complexity index is 154. The van der Waals surface area contributed by atoms with Crippen molar-refractivity contribution in [3.05, 3.63) is 48.6 Å². The van der Waals surface area contributed by atoms with Gasteiger partial charge in [-0.05, 0) is 19.4 Å². The van der Waals surface area contributed by atoms with Crippen molar-refractivity contribution in [3.8, 4) is 0 Å². The van der Waals surface area contributed by atoms with Gasteiger partial charge < -0.3 is 0 Å². The molecule has 0 rings (SSSR count). The second-order valence-corrected chi connectivity index (χ2v) is 1.90. The summed E-state index contributed by atoms with van der Waals surface area (Å²) in [5, 5.41) is 0. The third-order valence-corrected chi connectivity index (χ3v) is 1.03. The molecule has 0 aromatic rings. The molecule has 0 atom stereocenters. The normalized spacial score (nSPS) is 11.5. The fraction of sp³-hybridized carbons (Fsp3) is 0.333. The van der Waals surface area contributed by atoms with Gasteiger partial charge in [-0.15, -0.1) is 0 Å². The lowest BCUT2D eigenvalue weighted by molar-refractivity contribution is 1.50. The van der Waals surface area contributed by atoms with E-state index in [1.165, 1.54) is 5.57 Å². The molecule has 68 valence electrons. The minimum absolute atomic E-state index is 1.18. The van der Waals surface area contributed by atoms with Crippen molar-refractivity contribution >= 4 is 0 Å². The van der Waals surface area contributed by atoms with Gasteiger partial charge in [-0.1, -0.05) is 56.9 Å². The molecule has 0 amide bonds. The molecule has 0 aromatic carbocycles. The molecule has 0 unspecified atom stereocenters. The molecular formula is C12H20. The molecule has 0 saturated carbocycles. The van der Waals surface area contributed by atoms with Crippen LogP contribution in [0.3, 0.4) is 0 Å². The zero-order chi connectivity index (χ0) is 9.82. The van der Waals surface area contributed by atoms with Gasteiger partial charge in [-0.2, -0.15) is 0 Å². The maximum absolute atomic E-state index is 3.62. The molecule has 0 bridgehead atoms. The molecule has 0 spiro atoms. The molecule has 0 nitrogen and oxygen atoms in total. The largest absolute Gasteiger partial charge is 0.0990 e. The first-order valence-electron chi connectivity index (χ1n) is 4.43. The summed E-state index contributed by atoms with van der Waals surface area (Å²) in [7, 11) is 0. The van der Waals surface area contributed by atoms with Crippen molar-refractivity contribution in [2.24, 2.45) is 0 Å². The van der Waals surface area contributed by atoms with Gasteiger partial charge in [-0.3, -0.25) is 0 Å². The minimum Gasteiger partial charge on any atom is -0.0990 e. The first-order chi connectivity index (χ1) is 5.85. The van der Waals surface area contributed by atoms with Crippen LogP contribution in [0.25, 0.3) is 0 Å². The predicted octanol–water partition coefficient (Wildman–Crippen LogP) is 4.28. The average molecular weight is 164 g/mol. The lowest BCUT2D eigenvalue weighted by Gasteiger charge is -1.87. The molecule has 0 saturated heterocycles. The van der Waals surface area contributed by atoms with Gasteiger partial charge in [0, 0.05) is 0 Å². The highest BCUT2D eigenvalue weighted by atomic mass is 13.8. The van der Waals surface area contributed by atoms with Crippen molar-refractivity contribution in [2.75, 3.05) is 0 Å². The Kier molecular flexibility index (Phi) is 14.2. The van der Waals surface area contributed by atoms with E-state index in [0.717, 1.165) is 0 Å². The van der Waals surface area contributed by atoms with E-state index in [-0.39, 0.29) is 0 Å². The van der Waals surface area contributed by atoms with E-state index in [1.807, 2.05) is 58.1 Å². The summed E-state index contributed by atoms with van der Waals surface area (Å²) in [4.78, 5) is 0. The van der Waals surface area contributed by atoms with Crippen LogP contribution in [0.5, 0.6) is 0 Å². The van der Waals surface area contributed by atoms with E-state index in [4.69, 9.17) is 0 Å². The van der Waals surface area contributed by atoms with E-state index < -0.39 is 0 Å². The first kappa shape index (κ1) is 13.5. The van der Waals surface area contributed by atoms with Gasteiger partial charge >= 0.3 is 0 Å². The molecule has 0 aromatic heterocycles. The molecule has 0 heteroatoms. The molecule has 0 aliphatic carbocycles. The summed E-state index contributed by atoms with van der Waals surface area (Å²) in [6, 6.07) is 0. The summed E-state index contributed by atoms with van der Waals surface area (Å²) in [6.45, 7) is 11.6. The monoisotopic (exact) mass is 164 g/mol. The summed E-state index contributed by atoms with van der Waals surface area (Å²) in [6.07, 6.45) is 11.9. The minimum atomic E-state index is 1.18. The number of hydrogen-bond acceptors (Lipinski definition) is 0. The molecule has 0 heterocycles. The molecule has 0 radical (unpaired) electrons. The van der Waals surface area contributed by atoms with Crippen LogP contribution >= 0.6 is 0 Å². The molecule has 0 aliphatic heterocycles. The maximum atomic E-state index is 3.62. The number of hydrogen-bond donors (Lipinski definition) is 0. The second kappa shape index (κ2) is 12.6. The summed E-state index contributed by atoms with van der Waals surface area (Å²) < 4.78 is 0. The molecule has 0 N–H and O–H groups in total. The fourth-order valence-corrected chi connectivity index (χ4v) is 0.688. The van der Waals surface area contributed by atoms with Gasteiger partial charge in [0.05, 0.1) is 0 Å². The van der Waals surface area contributed by atoms with Crippen LogP contribution in [0.15, 0.2) is 48.6 Å². The summed E-state index contributed by atoms with van der Waals surface area (Å²) in [5.74, 6) is 0. The Morgan fingerprint density at radius 3 is 1.67 bits per heavy atom. The molecular weight excluding hydrogens is 144 g/mol. The number of allylic oxidation sites excluding steroid dienone is 7. The van der Waals surface area contributed by atoms with E-state index in [2.05, 4.69) is 6.58 Å². The Balaban J connectivity index is 0. The van der Waals surface area contributed by atoms with Gasteiger partial charge in [-0.25, -0.2) is 0 Å².